The van der Waals surface area contributed by atoms with Crippen LogP contribution >= 0.6 is 11.6 Å². The number of nitrogens with two attached hydrogens (primary N) is 1. The molecule has 6 heteroatoms. The average molecular weight is 273 g/mol. The summed E-state index contributed by atoms with van der Waals surface area (Å²) >= 11 is 5.92. The van der Waals surface area contributed by atoms with Gasteiger partial charge in [-0.3, -0.25) is 4.79 Å². The van der Waals surface area contributed by atoms with E-state index < -0.39 is 0 Å². The van der Waals surface area contributed by atoms with Crippen molar-refractivity contribution in [1.29, 1.82) is 0 Å². The maximum Gasteiger partial charge on any atom is 0.282 e. The topological polar surface area (TPSA) is 73.8 Å². The minimum Gasteiger partial charge on any atom is -0.397 e. The van der Waals surface area contributed by atoms with Gasteiger partial charge in [0.15, 0.2) is 0 Å². The fourth-order valence-corrected chi connectivity index (χ4v) is 2.03. The first kappa shape index (κ1) is 11.7. The largest absolute Gasteiger partial charge is 0.397 e. The van der Waals surface area contributed by atoms with Gasteiger partial charge in [0.05, 0.1) is 21.8 Å². The maximum absolute atomic E-state index is 12.4. The van der Waals surface area contributed by atoms with Crippen LogP contribution in [-0.4, -0.2) is 20.9 Å². The van der Waals surface area contributed by atoms with Crippen molar-refractivity contribution >= 4 is 34.2 Å². The zero-order valence-corrected chi connectivity index (χ0v) is 10.5. The Morgan fingerprint density at radius 2 is 1.95 bits per heavy atom. The third-order valence-electron chi connectivity index (χ3n) is 2.83. The van der Waals surface area contributed by atoms with Crippen molar-refractivity contribution < 1.29 is 4.79 Å². The van der Waals surface area contributed by atoms with Gasteiger partial charge in [-0.25, -0.2) is 0 Å². The van der Waals surface area contributed by atoms with Gasteiger partial charge in [0.1, 0.15) is 5.52 Å². The fraction of sp³-hybridized carbons (Fsp3) is 0. The fourth-order valence-electron chi connectivity index (χ4n) is 1.86. The van der Waals surface area contributed by atoms with E-state index in [1.807, 2.05) is 12.1 Å². The molecule has 0 saturated carbocycles. The molecule has 0 amide bonds. The quantitative estimate of drug-likeness (QED) is 0.690. The maximum atomic E-state index is 12.4. The van der Waals surface area contributed by atoms with Gasteiger partial charge < -0.3 is 5.73 Å². The van der Waals surface area contributed by atoms with Gasteiger partial charge in [0.2, 0.25) is 0 Å². The SMILES string of the molecule is Nc1c(Cl)cccc1C(=O)n1nnc2ccccc21. The lowest BCUT2D eigenvalue weighted by atomic mass is 10.1. The lowest BCUT2D eigenvalue weighted by molar-refractivity contribution is 0.0949. The van der Waals surface area contributed by atoms with E-state index in [2.05, 4.69) is 10.3 Å². The predicted octanol–water partition coefficient (Wildman–Crippen LogP) is 2.36. The highest BCUT2D eigenvalue weighted by molar-refractivity contribution is 6.34. The van der Waals surface area contributed by atoms with E-state index in [1.54, 1.807) is 30.3 Å². The number of aromatic nitrogens is 3. The first-order chi connectivity index (χ1) is 9.18. The number of halogens is 1. The number of fused-ring (bicyclic) bond motifs is 1. The summed E-state index contributed by atoms with van der Waals surface area (Å²) in [6.45, 7) is 0. The van der Waals surface area contributed by atoms with Crippen LogP contribution in [0.15, 0.2) is 42.5 Å². The summed E-state index contributed by atoms with van der Waals surface area (Å²) in [6.07, 6.45) is 0. The molecule has 3 aromatic rings. The normalized spacial score (nSPS) is 10.8. The number of hydrogen-bond donors (Lipinski definition) is 1. The van der Waals surface area contributed by atoms with Crippen LogP contribution in [0.5, 0.6) is 0 Å². The zero-order valence-electron chi connectivity index (χ0n) is 9.75. The number of rotatable bonds is 1. The van der Waals surface area contributed by atoms with E-state index in [-0.39, 0.29) is 11.6 Å². The molecule has 0 saturated heterocycles. The Bertz CT molecular complexity index is 781. The third-order valence-corrected chi connectivity index (χ3v) is 3.16. The van der Waals surface area contributed by atoms with Crippen molar-refractivity contribution in [3.63, 3.8) is 0 Å². The summed E-state index contributed by atoms with van der Waals surface area (Å²) in [5.41, 5.74) is 7.65. The molecule has 19 heavy (non-hydrogen) atoms. The number of hydrogen-bond acceptors (Lipinski definition) is 4. The molecular formula is C13H9ClN4O. The van der Waals surface area contributed by atoms with Crippen molar-refractivity contribution in [3.05, 3.63) is 53.1 Å². The van der Waals surface area contributed by atoms with Crippen molar-refractivity contribution in [1.82, 2.24) is 15.0 Å². The molecule has 1 aromatic heterocycles. The molecule has 0 atom stereocenters. The molecule has 0 aliphatic carbocycles. The van der Waals surface area contributed by atoms with E-state index in [4.69, 9.17) is 17.3 Å². The second kappa shape index (κ2) is 4.37. The van der Waals surface area contributed by atoms with Crippen molar-refractivity contribution in [2.24, 2.45) is 0 Å². The lowest BCUT2D eigenvalue weighted by Gasteiger charge is -2.06. The molecule has 2 N–H and O–H groups in total. The lowest BCUT2D eigenvalue weighted by Crippen LogP contribution is -2.15. The molecule has 0 fully saturated rings. The van der Waals surface area contributed by atoms with E-state index in [0.29, 0.717) is 21.6 Å². The molecule has 0 aliphatic heterocycles. The van der Waals surface area contributed by atoms with Gasteiger partial charge in [-0.05, 0) is 24.3 Å². The highest BCUT2D eigenvalue weighted by Crippen LogP contribution is 2.23. The van der Waals surface area contributed by atoms with Gasteiger partial charge in [-0.2, -0.15) is 4.68 Å². The third kappa shape index (κ3) is 1.84. The minimum atomic E-state index is -0.353. The standard InChI is InChI=1S/C13H9ClN4O/c14-9-5-3-4-8(12(9)15)13(19)18-11-7-2-1-6-10(11)16-17-18/h1-7H,15H2. The van der Waals surface area contributed by atoms with Gasteiger partial charge >= 0.3 is 0 Å². The number of carbonyl (C=O) groups is 1. The Morgan fingerprint density at radius 1 is 1.16 bits per heavy atom. The first-order valence-electron chi connectivity index (χ1n) is 5.57. The van der Waals surface area contributed by atoms with Gasteiger partial charge in [0.25, 0.3) is 5.91 Å². The van der Waals surface area contributed by atoms with Crippen LogP contribution in [0.25, 0.3) is 11.0 Å². The predicted molar refractivity (Wildman–Crippen MR) is 73.1 cm³/mol. The van der Waals surface area contributed by atoms with Gasteiger partial charge in [0, 0.05) is 0 Å². The number of anilines is 1. The zero-order chi connectivity index (χ0) is 13.4. The number of nitrogens with zero attached hydrogens (tertiary/aromatic N) is 3. The Kier molecular flexibility index (Phi) is 2.68. The molecule has 3 rings (SSSR count). The van der Waals surface area contributed by atoms with Crippen molar-refractivity contribution in [2.45, 2.75) is 0 Å². The Labute approximate surface area is 113 Å². The minimum absolute atomic E-state index is 0.244. The molecule has 94 valence electrons. The van der Waals surface area contributed by atoms with Gasteiger partial charge in [-0.1, -0.05) is 35.0 Å². The number of para-hydroxylation sites is 2. The monoisotopic (exact) mass is 272 g/mol. The molecule has 1 heterocycles. The van der Waals surface area contributed by atoms with Crippen LogP contribution in [0, 0.1) is 0 Å². The average Bonchev–Trinajstić information content (AvgIpc) is 2.85. The van der Waals surface area contributed by atoms with E-state index in [0.717, 1.165) is 0 Å². The smallest absolute Gasteiger partial charge is 0.282 e. The summed E-state index contributed by atoms with van der Waals surface area (Å²) < 4.78 is 1.22. The number of benzene rings is 2. The summed E-state index contributed by atoms with van der Waals surface area (Å²) in [5.74, 6) is -0.353. The van der Waals surface area contributed by atoms with E-state index in [1.165, 1.54) is 4.68 Å². The van der Waals surface area contributed by atoms with Crippen LogP contribution in [0.4, 0.5) is 5.69 Å². The van der Waals surface area contributed by atoms with Crippen LogP contribution in [-0.2, 0) is 0 Å². The number of nitrogen functional groups attached to an aromatic ring is 1. The first-order valence-corrected chi connectivity index (χ1v) is 5.95. The molecule has 2 aromatic carbocycles. The summed E-state index contributed by atoms with van der Waals surface area (Å²) in [7, 11) is 0. The molecule has 0 aliphatic rings. The summed E-state index contributed by atoms with van der Waals surface area (Å²) in [6, 6.07) is 12.1. The second-order valence-corrected chi connectivity index (χ2v) is 4.40. The number of carbonyl (C=O) groups excluding carboxylic acids is 1. The van der Waals surface area contributed by atoms with Gasteiger partial charge in [-0.15, -0.1) is 5.10 Å². The highest BCUT2D eigenvalue weighted by atomic mass is 35.5. The Hall–Kier alpha value is -2.40. The molecule has 5 nitrogen and oxygen atoms in total. The molecule has 0 unspecified atom stereocenters. The Balaban J connectivity index is 2.17. The molecule has 0 radical (unpaired) electrons. The van der Waals surface area contributed by atoms with Crippen molar-refractivity contribution in [3.8, 4) is 0 Å². The van der Waals surface area contributed by atoms with E-state index in [9.17, 15) is 4.79 Å². The summed E-state index contributed by atoms with van der Waals surface area (Å²) in [5, 5.41) is 8.14. The molecular weight excluding hydrogens is 264 g/mol. The van der Waals surface area contributed by atoms with Crippen LogP contribution in [0.3, 0.4) is 0 Å². The molecule has 0 spiro atoms. The van der Waals surface area contributed by atoms with Crippen LogP contribution in [0.2, 0.25) is 5.02 Å². The van der Waals surface area contributed by atoms with Crippen LogP contribution in [0.1, 0.15) is 10.4 Å². The van der Waals surface area contributed by atoms with Crippen LogP contribution < -0.4 is 5.73 Å². The highest BCUT2D eigenvalue weighted by Gasteiger charge is 2.17. The van der Waals surface area contributed by atoms with Crippen molar-refractivity contribution in [2.75, 3.05) is 5.73 Å². The Morgan fingerprint density at radius 3 is 2.79 bits per heavy atom. The van der Waals surface area contributed by atoms with E-state index >= 15 is 0 Å². The summed E-state index contributed by atoms with van der Waals surface area (Å²) in [4.78, 5) is 12.4. The molecule has 0 bridgehead atoms. The second-order valence-electron chi connectivity index (χ2n) is 4.00.